The molecule has 0 fully saturated rings. The standard InChI is InChI=1S/C19H20N2O4S/c1-11-6-7-13-16(8-11)26-19(21(13)2)20-18(22)12-9-14(23-3)17(25-5)15(10-12)24-4/h6-10H,1-5H3. The third-order valence-electron chi connectivity index (χ3n) is 4.07. The minimum Gasteiger partial charge on any atom is -0.493 e. The molecular weight excluding hydrogens is 352 g/mol. The number of ether oxygens (including phenoxy) is 3. The van der Waals surface area contributed by atoms with Gasteiger partial charge in [-0.25, -0.2) is 0 Å². The molecule has 1 aromatic heterocycles. The highest BCUT2D eigenvalue weighted by Crippen LogP contribution is 2.38. The Morgan fingerprint density at radius 2 is 1.69 bits per heavy atom. The van der Waals surface area contributed by atoms with Gasteiger partial charge in [0.15, 0.2) is 16.3 Å². The van der Waals surface area contributed by atoms with E-state index in [1.54, 1.807) is 12.1 Å². The summed E-state index contributed by atoms with van der Waals surface area (Å²) >= 11 is 1.48. The van der Waals surface area contributed by atoms with Gasteiger partial charge < -0.3 is 18.8 Å². The fourth-order valence-electron chi connectivity index (χ4n) is 2.70. The average molecular weight is 372 g/mol. The number of nitrogens with zero attached hydrogens (tertiary/aromatic N) is 2. The van der Waals surface area contributed by atoms with Crippen molar-refractivity contribution in [2.75, 3.05) is 21.3 Å². The lowest BCUT2D eigenvalue weighted by Gasteiger charge is -2.12. The summed E-state index contributed by atoms with van der Waals surface area (Å²) in [5, 5.41) is 0. The summed E-state index contributed by atoms with van der Waals surface area (Å²) in [7, 11) is 6.44. The second kappa shape index (κ2) is 7.21. The molecule has 0 spiro atoms. The Morgan fingerprint density at radius 1 is 1.04 bits per heavy atom. The van der Waals surface area contributed by atoms with Crippen molar-refractivity contribution in [3.63, 3.8) is 0 Å². The molecule has 0 aliphatic heterocycles. The topological polar surface area (TPSA) is 62.0 Å². The Hall–Kier alpha value is -2.80. The largest absolute Gasteiger partial charge is 0.493 e. The maximum absolute atomic E-state index is 12.7. The predicted molar refractivity (Wildman–Crippen MR) is 102 cm³/mol. The maximum Gasteiger partial charge on any atom is 0.279 e. The molecule has 0 aliphatic carbocycles. The number of carbonyl (C=O) groups is 1. The number of aromatic nitrogens is 1. The third kappa shape index (κ3) is 3.17. The second-order valence-corrected chi connectivity index (χ2v) is 6.75. The Kier molecular flexibility index (Phi) is 4.99. The Labute approximate surface area is 155 Å². The van der Waals surface area contributed by atoms with Crippen molar-refractivity contribution < 1.29 is 19.0 Å². The van der Waals surface area contributed by atoms with Gasteiger partial charge in [0.1, 0.15) is 0 Å². The molecule has 136 valence electrons. The molecule has 2 aromatic carbocycles. The number of hydrogen-bond acceptors (Lipinski definition) is 5. The molecule has 0 atom stereocenters. The van der Waals surface area contributed by atoms with Crippen LogP contribution in [0.3, 0.4) is 0 Å². The van der Waals surface area contributed by atoms with Crippen LogP contribution in [0.1, 0.15) is 15.9 Å². The van der Waals surface area contributed by atoms with Crippen LogP contribution in [0.4, 0.5) is 0 Å². The summed E-state index contributed by atoms with van der Waals surface area (Å²) in [5.74, 6) is 0.904. The van der Waals surface area contributed by atoms with Gasteiger partial charge in [-0.2, -0.15) is 4.99 Å². The van der Waals surface area contributed by atoms with E-state index in [9.17, 15) is 4.79 Å². The molecule has 3 aromatic rings. The van der Waals surface area contributed by atoms with E-state index in [4.69, 9.17) is 14.2 Å². The van der Waals surface area contributed by atoms with Gasteiger partial charge in [-0.05, 0) is 36.8 Å². The number of benzene rings is 2. The van der Waals surface area contributed by atoms with Gasteiger partial charge in [0, 0.05) is 12.6 Å². The normalized spacial score (nSPS) is 11.7. The van der Waals surface area contributed by atoms with Crippen LogP contribution in [-0.2, 0) is 7.05 Å². The van der Waals surface area contributed by atoms with Crippen LogP contribution in [0, 0.1) is 6.92 Å². The number of fused-ring (bicyclic) bond motifs is 1. The van der Waals surface area contributed by atoms with Crippen molar-refractivity contribution in [3.05, 3.63) is 46.3 Å². The summed E-state index contributed by atoms with van der Waals surface area (Å²) in [5.41, 5.74) is 2.58. The van der Waals surface area contributed by atoms with E-state index < -0.39 is 0 Å². The summed E-state index contributed by atoms with van der Waals surface area (Å²) in [6, 6.07) is 9.36. The quantitative estimate of drug-likeness (QED) is 0.705. The fraction of sp³-hybridized carbons (Fsp3) is 0.263. The van der Waals surface area contributed by atoms with E-state index in [0.717, 1.165) is 10.2 Å². The zero-order chi connectivity index (χ0) is 18.8. The molecule has 0 N–H and O–H groups in total. The smallest absolute Gasteiger partial charge is 0.279 e. The van der Waals surface area contributed by atoms with Crippen LogP contribution in [0.2, 0.25) is 0 Å². The molecule has 0 aliphatic rings. The molecule has 1 heterocycles. The lowest BCUT2D eigenvalue weighted by molar-refractivity contribution is 0.0997. The van der Waals surface area contributed by atoms with Crippen LogP contribution >= 0.6 is 11.3 Å². The minimum atomic E-state index is -0.372. The first kappa shape index (κ1) is 18.0. The van der Waals surface area contributed by atoms with Gasteiger partial charge >= 0.3 is 0 Å². The fourth-order valence-corrected chi connectivity index (χ4v) is 3.82. The molecule has 6 nitrogen and oxygen atoms in total. The first-order valence-electron chi connectivity index (χ1n) is 7.93. The summed E-state index contributed by atoms with van der Waals surface area (Å²) < 4.78 is 18.9. The molecule has 3 rings (SSSR count). The number of amides is 1. The highest BCUT2D eigenvalue weighted by atomic mass is 32.1. The van der Waals surface area contributed by atoms with E-state index in [1.165, 1.54) is 38.2 Å². The number of hydrogen-bond donors (Lipinski definition) is 0. The number of rotatable bonds is 4. The monoisotopic (exact) mass is 372 g/mol. The van der Waals surface area contributed by atoms with Gasteiger partial charge in [-0.15, -0.1) is 0 Å². The number of aryl methyl sites for hydroxylation is 2. The lowest BCUT2D eigenvalue weighted by atomic mass is 10.1. The molecule has 0 bridgehead atoms. The van der Waals surface area contributed by atoms with Crippen LogP contribution in [0.5, 0.6) is 17.2 Å². The van der Waals surface area contributed by atoms with Crippen molar-refractivity contribution in [3.8, 4) is 17.2 Å². The van der Waals surface area contributed by atoms with Gasteiger partial charge in [-0.3, -0.25) is 4.79 Å². The Morgan fingerprint density at radius 3 is 2.27 bits per heavy atom. The Bertz CT molecular complexity index is 1020. The van der Waals surface area contributed by atoms with E-state index in [2.05, 4.69) is 11.1 Å². The molecule has 1 amide bonds. The highest BCUT2D eigenvalue weighted by Gasteiger charge is 2.17. The zero-order valence-corrected chi connectivity index (χ0v) is 16.1. The molecule has 0 unspecified atom stereocenters. The van der Waals surface area contributed by atoms with Crippen molar-refractivity contribution in [1.82, 2.24) is 4.57 Å². The van der Waals surface area contributed by atoms with Crippen molar-refractivity contribution in [2.45, 2.75) is 6.92 Å². The maximum atomic E-state index is 12.7. The number of thiazole rings is 1. The minimum absolute atomic E-state index is 0.369. The van der Waals surface area contributed by atoms with Gasteiger partial charge in [0.2, 0.25) is 5.75 Å². The van der Waals surface area contributed by atoms with E-state index >= 15 is 0 Å². The SMILES string of the molecule is COc1cc(C(=O)N=c2sc3cc(C)ccc3n2C)cc(OC)c1OC. The zero-order valence-electron chi connectivity index (χ0n) is 15.3. The molecule has 0 saturated carbocycles. The molecular formula is C19H20N2O4S. The molecule has 0 saturated heterocycles. The van der Waals surface area contributed by atoms with E-state index in [-0.39, 0.29) is 5.91 Å². The summed E-state index contributed by atoms with van der Waals surface area (Å²) in [6.07, 6.45) is 0. The summed E-state index contributed by atoms with van der Waals surface area (Å²) in [4.78, 5) is 17.6. The van der Waals surface area contributed by atoms with Crippen molar-refractivity contribution in [1.29, 1.82) is 0 Å². The van der Waals surface area contributed by atoms with Gasteiger partial charge in [0.25, 0.3) is 5.91 Å². The van der Waals surface area contributed by atoms with Crippen LogP contribution in [0.25, 0.3) is 10.2 Å². The molecule has 26 heavy (non-hydrogen) atoms. The molecule has 7 heteroatoms. The second-order valence-electron chi connectivity index (χ2n) is 5.75. The van der Waals surface area contributed by atoms with Crippen molar-refractivity contribution >= 4 is 27.5 Å². The van der Waals surface area contributed by atoms with Crippen molar-refractivity contribution in [2.24, 2.45) is 12.0 Å². The molecule has 0 radical (unpaired) electrons. The van der Waals surface area contributed by atoms with Crippen LogP contribution < -0.4 is 19.0 Å². The van der Waals surface area contributed by atoms with Gasteiger partial charge in [0.05, 0.1) is 31.5 Å². The predicted octanol–water partition coefficient (Wildman–Crippen LogP) is 3.32. The van der Waals surface area contributed by atoms with Crippen LogP contribution in [-0.4, -0.2) is 31.8 Å². The first-order chi connectivity index (χ1) is 12.5. The van der Waals surface area contributed by atoms with E-state index in [1.807, 2.05) is 30.7 Å². The third-order valence-corrected chi connectivity index (χ3v) is 5.17. The highest BCUT2D eigenvalue weighted by molar-refractivity contribution is 7.16. The number of carbonyl (C=O) groups excluding carboxylic acids is 1. The Balaban J connectivity index is 2.10. The lowest BCUT2D eigenvalue weighted by Crippen LogP contribution is -2.13. The van der Waals surface area contributed by atoms with E-state index in [0.29, 0.717) is 27.6 Å². The first-order valence-corrected chi connectivity index (χ1v) is 8.75. The van der Waals surface area contributed by atoms with Gasteiger partial charge in [-0.1, -0.05) is 17.4 Å². The number of methoxy groups -OCH3 is 3. The summed E-state index contributed by atoms with van der Waals surface area (Å²) in [6.45, 7) is 2.04. The van der Waals surface area contributed by atoms with Crippen LogP contribution in [0.15, 0.2) is 35.3 Å². The average Bonchev–Trinajstić information content (AvgIpc) is 2.94.